The Morgan fingerprint density at radius 2 is 2.05 bits per heavy atom. The van der Waals surface area contributed by atoms with E-state index in [1.165, 1.54) is 24.3 Å². The van der Waals surface area contributed by atoms with E-state index in [-0.39, 0.29) is 5.82 Å². The van der Waals surface area contributed by atoms with Gasteiger partial charge in [0.15, 0.2) is 5.96 Å². The van der Waals surface area contributed by atoms with Crippen molar-refractivity contribution in [2.24, 2.45) is 4.99 Å². The highest BCUT2D eigenvalue weighted by molar-refractivity contribution is 7.98. The van der Waals surface area contributed by atoms with Crippen LogP contribution in [0.2, 0.25) is 0 Å². The van der Waals surface area contributed by atoms with Crippen molar-refractivity contribution in [3.8, 4) is 5.75 Å². The van der Waals surface area contributed by atoms with Crippen LogP contribution in [0.3, 0.4) is 0 Å². The summed E-state index contributed by atoms with van der Waals surface area (Å²) in [5, 5.41) is 3.35. The fourth-order valence-electron chi connectivity index (χ4n) is 1.89. The summed E-state index contributed by atoms with van der Waals surface area (Å²) in [4.78, 5) is 6.29. The van der Waals surface area contributed by atoms with Gasteiger partial charge in [0.05, 0.1) is 6.54 Å². The van der Waals surface area contributed by atoms with E-state index in [1.54, 1.807) is 19.2 Å². The van der Waals surface area contributed by atoms with Crippen molar-refractivity contribution in [3.05, 3.63) is 30.1 Å². The van der Waals surface area contributed by atoms with Gasteiger partial charge < -0.3 is 15.0 Å². The van der Waals surface area contributed by atoms with E-state index < -0.39 is 0 Å². The molecule has 0 aliphatic heterocycles. The topological polar surface area (TPSA) is 36.9 Å². The van der Waals surface area contributed by atoms with Gasteiger partial charge in [0.2, 0.25) is 0 Å². The highest BCUT2D eigenvalue weighted by atomic mass is 32.2. The zero-order valence-electron chi connectivity index (χ0n) is 13.6. The van der Waals surface area contributed by atoms with Crippen molar-refractivity contribution >= 4 is 17.7 Å². The van der Waals surface area contributed by atoms with Crippen LogP contribution >= 0.6 is 11.8 Å². The molecule has 0 spiro atoms. The number of aliphatic imine (C=N–C) groups is 1. The minimum Gasteiger partial charge on any atom is -0.492 e. The summed E-state index contributed by atoms with van der Waals surface area (Å²) in [5.41, 5.74) is 0. The highest BCUT2D eigenvalue weighted by Crippen LogP contribution is 2.10. The number of nitrogens with one attached hydrogen (secondary N) is 1. The molecule has 0 aromatic heterocycles. The molecule has 0 atom stereocenters. The number of guanidine groups is 1. The normalized spacial score (nSPS) is 11.4. The number of benzene rings is 1. The van der Waals surface area contributed by atoms with Crippen molar-refractivity contribution in [1.29, 1.82) is 0 Å². The van der Waals surface area contributed by atoms with Gasteiger partial charge in [-0.25, -0.2) is 4.39 Å². The lowest BCUT2D eigenvalue weighted by molar-refractivity contribution is 0.281. The number of hydrogen-bond acceptors (Lipinski definition) is 3. The quantitative estimate of drug-likeness (QED) is 0.430. The van der Waals surface area contributed by atoms with Crippen LogP contribution < -0.4 is 10.1 Å². The Morgan fingerprint density at radius 1 is 1.32 bits per heavy atom. The molecule has 0 saturated heterocycles. The molecular weight excluding hydrogens is 301 g/mol. The lowest BCUT2D eigenvalue weighted by atomic mass is 10.3. The first-order valence-electron chi connectivity index (χ1n) is 7.46. The first kappa shape index (κ1) is 18.6. The molecule has 1 aromatic rings. The maximum absolute atomic E-state index is 12.8. The smallest absolute Gasteiger partial charge is 0.193 e. The lowest BCUT2D eigenvalue weighted by Crippen LogP contribution is -2.41. The highest BCUT2D eigenvalue weighted by Gasteiger charge is 2.05. The molecule has 1 aromatic carbocycles. The van der Waals surface area contributed by atoms with Crippen molar-refractivity contribution in [2.45, 2.75) is 12.8 Å². The van der Waals surface area contributed by atoms with Crippen molar-refractivity contribution in [2.75, 3.05) is 45.8 Å². The second-order valence-electron chi connectivity index (χ2n) is 4.90. The van der Waals surface area contributed by atoms with Gasteiger partial charge in [-0.15, -0.1) is 0 Å². The molecule has 0 radical (unpaired) electrons. The Labute approximate surface area is 137 Å². The van der Waals surface area contributed by atoms with Gasteiger partial charge in [-0.05, 0) is 49.1 Å². The third kappa shape index (κ3) is 7.54. The lowest BCUT2D eigenvalue weighted by Gasteiger charge is -2.22. The minimum absolute atomic E-state index is 0.254. The summed E-state index contributed by atoms with van der Waals surface area (Å²) in [6, 6.07) is 6.06. The average Bonchev–Trinajstić information content (AvgIpc) is 2.52. The van der Waals surface area contributed by atoms with Crippen molar-refractivity contribution < 1.29 is 9.13 Å². The monoisotopic (exact) mass is 327 g/mol. The molecule has 4 nitrogen and oxygen atoms in total. The summed E-state index contributed by atoms with van der Waals surface area (Å²) < 4.78 is 18.4. The summed E-state index contributed by atoms with van der Waals surface area (Å²) in [7, 11) is 3.76. The van der Waals surface area contributed by atoms with Crippen LogP contribution in [-0.2, 0) is 0 Å². The number of hydrogen-bond donors (Lipinski definition) is 1. The fraction of sp³-hybridized carbons (Fsp3) is 0.562. The fourth-order valence-corrected chi connectivity index (χ4v) is 2.39. The summed E-state index contributed by atoms with van der Waals surface area (Å²) in [6.07, 6.45) is 4.48. The summed E-state index contributed by atoms with van der Waals surface area (Å²) >= 11 is 1.87. The molecule has 0 heterocycles. The number of nitrogens with zero attached hydrogens (tertiary/aromatic N) is 2. The Kier molecular flexibility index (Phi) is 9.46. The Morgan fingerprint density at radius 3 is 2.68 bits per heavy atom. The first-order valence-corrected chi connectivity index (χ1v) is 8.86. The Balaban J connectivity index is 2.23. The van der Waals surface area contributed by atoms with E-state index in [0.29, 0.717) is 18.9 Å². The molecule has 6 heteroatoms. The van der Waals surface area contributed by atoms with Gasteiger partial charge >= 0.3 is 0 Å². The second-order valence-corrected chi connectivity index (χ2v) is 5.88. The molecule has 0 aliphatic carbocycles. The van der Waals surface area contributed by atoms with Gasteiger partial charge in [0.25, 0.3) is 0 Å². The molecule has 1 rings (SSSR count). The molecule has 0 fully saturated rings. The third-order valence-corrected chi connectivity index (χ3v) is 3.84. The maximum atomic E-state index is 12.8. The molecule has 0 aliphatic rings. The minimum atomic E-state index is -0.254. The van der Waals surface area contributed by atoms with Crippen LogP contribution in [0.15, 0.2) is 29.3 Å². The third-order valence-electron chi connectivity index (χ3n) is 3.14. The number of ether oxygens (including phenoxy) is 1. The second kappa shape index (κ2) is 11.2. The summed E-state index contributed by atoms with van der Waals surface area (Å²) in [5.74, 6) is 2.49. The van der Waals surface area contributed by atoms with Crippen LogP contribution in [0.4, 0.5) is 4.39 Å². The van der Waals surface area contributed by atoms with E-state index in [9.17, 15) is 4.39 Å². The van der Waals surface area contributed by atoms with Gasteiger partial charge in [-0.3, -0.25) is 4.99 Å². The van der Waals surface area contributed by atoms with Crippen molar-refractivity contribution in [1.82, 2.24) is 10.2 Å². The number of rotatable bonds is 9. The van der Waals surface area contributed by atoms with Crippen LogP contribution in [-0.4, -0.2) is 56.7 Å². The average molecular weight is 327 g/mol. The Bertz CT molecular complexity index is 440. The molecule has 0 unspecified atom stereocenters. The molecule has 0 amide bonds. The number of halogens is 1. The zero-order chi connectivity index (χ0) is 16.2. The molecule has 1 N–H and O–H groups in total. The van der Waals surface area contributed by atoms with E-state index in [4.69, 9.17) is 4.74 Å². The van der Waals surface area contributed by atoms with E-state index >= 15 is 0 Å². The van der Waals surface area contributed by atoms with Crippen LogP contribution in [0, 0.1) is 5.82 Å². The largest absolute Gasteiger partial charge is 0.492 e. The SMILES string of the molecule is CN=C(NCCCCSC)N(C)CCOc1ccc(F)cc1. The molecule has 0 saturated carbocycles. The van der Waals surface area contributed by atoms with E-state index in [1.807, 2.05) is 23.7 Å². The molecular formula is C16H26FN3OS. The standard InChI is InChI=1S/C16H26FN3OS/c1-18-16(19-10-4-5-13-22-3)20(2)11-12-21-15-8-6-14(17)7-9-15/h6-9H,4-5,10-13H2,1-3H3,(H,18,19). The predicted octanol–water partition coefficient (Wildman–Crippen LogP) is 2.85. The summed E-state index contributed by atoms with van der Waals surface area (Å²) in [6.45, 7) is 2.16. The number of unbranched alkanes of at least 4 members (excludes halogenated alkanes) is 1. The van der Waals surface area contributed by atoms with Crippen LogP contribution in [0.1, 0.15) is 12.8 Å². The van der Waals surface area contributed by atoms with Gasteiger partial charge in [-0.1, -0.05) is 0 Å². The zero-order valence-corrected chi connectivity index (χ0v) is 14.5. The molecule has 124 valence electrons. The number of likely N-dealkylation sites (N-methyl/N-ethyl adjacent to an activating group) is 1. The van der Waals surface area contributed by atoms with Gasteiger partial charge in [0, 0.05) is 20.6 Å². The van der Waals surface area contributed by atoms with Crippen molar-refractivity contribution in [3.63, 3.8) is 0 Å². The molecule has 0 bridgehead atoms. The molecule has 22 heavy (non-hydrogen) atoms. The maximum Gasteiger partial charge on any atom is 0.193 e. The first-order chi connectivity index (χ1) is 10.7. The van der Waals surface area contributed by atoms with Crippen LogP contribution in [0.25, 0.3) is 0 Å². The predicted molar refractivity (Wildman–Crippen MR) is 93.5 cm³/mol. The van der Waals surface area contributed by atoms with E-state index in [2.05, 4.69) is 16.6 Å². The van der Waals surface area contributed by atoms with Gasteiger partial charge in [-0.2, -0.15) is 11.8 Å². The number of thioether (sulfide) groups is 1. The van der Waals surface area contributed by atoms with E-state index in [0.717, 1.165) is 18.9 Å². The Hall–Kier alpha value is -1.43. The van der Waals surface area contributed by atoms with Gasteiger partial charge in [0.1, 0.15) is 18.2 Å². The van der Waals surface area contributed by atoms with Crippen LogP contribution in [0.5, 0.6) is 5.75 Å².